The van der Waals surface area contributed by atoms with Crippen LogP contribution >= 0.6 is 0 Å². The number of nitrogens with zero attached hydrogens (tertiary/aromatic N) is 1. The van der Waals surface area contributed by atoms with E-state index in [0.29, 0.717) is 26.3 Å². The van der Waals surface area contributed by atoms with E-state index in [0.717, 1.165) is 30.4 Å². The van der Waals surface area contributed by atoms with E-state index in [4.69, 9.17) is 4.74 Å². The van der Waals surface area contributed by atoms with Crippen molar-refractivity contribution in [2.45, 2.75) is 29.7 Å². The highest BCUT2D eigenvalue weighted by atomic mass is 32.2. The van der Waals surface area contributed by atoms with Gasteiger partial charge in [0, 0.05) is 19.2 Å². The van der Waals surface area contributed by atoms with Gasteiger partial charge in [0.1, 0.15) is 0 Å². The second-order valence-corrected chi connectivity index (χ2v) is 9.65. The van der Waals surface area contributed by atoms with Gasteiger partial charge in [0.25, 0.3) is 0 Å². The Balaban J connectivity index is 1.41. The van der Waals surface area contributed by atoms with Crippen molar-refractivity contribution in [3.8, 4) is 0 Å². The number of nitrogens with one attached hydrogen (secondary N) is 1. The lowest BCUT2D eigenvalue weighted by molar-refractivity contribution is -0.119. The zero-order valence-electron chi connectivity index (χ0n) is 16.8. The summed E-state index contributed by atoms with van der Waals surface area (Å²) in [6.45, 7) is 1.57. The van der Waals surface area contributed by atoms with Gasteiger partial charge < -0.3 is 10.1 Å². The Hall–Kier alpha value is -2.48. The van der Waals surface area contributed by atoms with Crippen molar-refractivity contribution >= 4 is 22.0 Å². The third-order valence-corrected chi connectivity index (χ3v) is 7.72. The Morgan fingerprint density at radius 2 is 1.67 bits per heavy atom. The Labute approximate surface area is 177 Å². The highest BCUT2D eigenvalue weighted by Gasteiger charge is 2.39. The molecule has 4 rings (SSSR count). The van der Waals surface area contributed by atoms with Crippen molar-refractivity contribution in [3.63, 3.8) is 0 Å². The van der Waals surface area contributed by atoms with Crippen molar-refractivity contribution in [1.29, 1.82) is 0 Å². The molecule has 2 aromatic rings. The number of hydrogen-bond acceptors (Lipinski definition) is 4. The molecule has 158 valence electrons. The van der Waals surface area contributed by atoms with Gasteiger partial charge in [-0.3, -0.25) is 4.79 Å². The molecular formula is C23H26N2O4S. The summed E-state index contributed by atoms with van der Waals surface area (Å²) in [4.78, 5) is 12.8. The zero-order valence-corrected chi connectivity index (χ0v) is 17.6. The first-order valence-electron chi connectivity index (χ1n) is 10.2. The van der Waals surface area contributed by atoms with Crippen LogP contribution in [-0.2, 0) is 25.1 Å². The van der Waals surface area contributed by atoms with Crippen LogP contribution in [0, 0.1) is 0 Å². The number of ether oxygens (including phenoxy) is 1. The molecule has 0 bridgehead atoms. The number of amides is 1. The van der Waals surface area contributed by atoms with Gasteiger partial charge in [-0.2, -0.15) is 4.31 Å². The minimum atomic E-state index is -3.51. The van der Waals surface area contributed by atoms with Crippen LogP contribution in [0.4, 0.5) is 0 Å². The van der Waals surface area contributed by atoms with Crippen LogP contribution in [0.5, 0.6) is 0 Å². The highest BCUT2D eigenvalue weighted by Crippen LogP contribution is 2.41. The van der Waals surface area contributed by atoms with Gasteiger partial charge in [-0.25, -0.2) is 8.42 Å². The summed E-state index contributed by atoms with van der Waals surface area (Å²) >= 11 is 0. The van der Waals surface area contributed by atoms with Crippen LogP contribution in [0.3, 0.4) is 0 Å². The van der Waals surface area contributed by atoms with Gasteiger partial charge in [-0.05, 0) is 48.6 Å². The molecule has 0 aromatic heterocycles. The highest BCUT2D eigenvalue weighted by molar-refractivity contribution is 7.89. The molecule has 2 aliphatic rings. The summed E-state index contributed by atoms with van der Waals surface area (Å²) in [6.07, 6.45) is 6.18. The van der Waals surface area contributed by atoms with E-state index in [2.05, 4.69) is 17.4 Å². The third kappa shape index (κ3) is 4.33. The lowest BCUT2D eigenvalue weighted by Crippen LogP contribution is -2.50. The van der Waals surface area contributed by atoms with Crippen molar-refractivity contribution in [3.05, 3.63) is 71.8 Å². The summed E-state index contributed by atoms with van der Waals surface area (Å²) in [6, 6.07) is 16.7. The molecule has 0 spiro atoms. The van der Waals surface area contributed by atoms with Crippen LogP contribution in [0.25, 0.3) is 6.08 Å². The van der Waals surface area contributed by atoms with Crippen molar-refractivity contribution in [1.82, 2.24) is 9.62 Å². The summed E-state index contributed by atoms with van der Waals surface area (Å²) in [5, 5.41) is 3.15. The van der Waals surface area contributed by atoms with E-state index >= 15 is 0 Å². The molecule has 0 atom stereocenters. The second-order valence-electron chi connectivity index (χ2n) is 7.71. The Morgan fingerprint density at radius 1 is 1.00 bits per heavy atom. The molecule has 1 aliphatic carbocycles. The summed E-state index contributed by atoms with van der Waals surface area (Å²) < 4.78 is 32.0. The maximum Gasteiger partial charge on any atom is 0.244 e. The van der Waals surface area contributed by atoms with Crippen LogP contribution in [-0.4, -0.2) is 44.9 Å². The summed E-state index contributed by atoms with van der Waals surface area (Å²) in [7, 11) is -3.51. The quantitative estimate of drug-likeness (QED) is 0.721. The average Bonchev–Trinajstić information content (AvgIpc) is 2.76. The van der Waals surface area contributed by atoms with Crippen molar-refractivity contribution in [2.75, 3.05) is 26.3 Å². The van der Waals surface area contributed by atoms with Crippen molar-refractivity contribution in [2.24, 2.45) is 0 Å². The van der Waals surface area contributed by atoms with E-state index in [1.54, 1.807) is 30.3 Å². The smallest absolute Gasteiger partial charge is 0.244 e. The van der Waals surface area contributed by atoms with Crippen LogP contribution in [0.1, 0.15) is 30.4 Å². The molecule has 0 radical (unpaired) electrons. The number of carbonyl (C=O) groups is 1. The number of morpholine rings is 1. The van der Waals surface area contributed by atoms with E-state index < -0.39 is 10.0 Å². The fourth-order valence-corrected chi connectivity index (χ4v) is 5.32. The first-order chi connectivity index (χ1) is 14.5. The molecular weight excluding hydrogens is 400 g/mol. The van der Waals surface area contributed by atoms with Crippen LogP contribution in [0.15, 0.2) is 65.6 Å². The molecule has 1 N–H and O–H groups in total. The fraction of sp³-hybridized carbons (Fsp3) is 0.348. The van der Waals surface area contributed by atoms with Gasteiger partial charge in [0.2, 0.25) is 15.9 Å². The second kappa shape index (κ2) is 8.71. The van der Waals surface area contributed by atoms with E-state index in [9.17, 15) is 13.2 Å². The Kier molecular flexibility index (Phi) is 6.04. The molecule has 1 amide bonds. The summed E-state index contributed by atoms with van der Waals surface area (Å²) in [5.74, 6) is -0.149. The standard InChI is InChI=1S/C23H26N2O4S/c26-22(24-23(13-4-14-23)20-5-2-1-3-6-20)12-9-19-7-10-21(11-8-19)30(27,28)25-15-17-29-18-16-25/h1-3,5-12H,4,13-18H2,(H,24,26)/b12-9+. The molecule has 2 fully saturated rings. The maximum absolute atomic E-state index is 12.7. The molecule has 1 heterocycles. The van der Waals surface area contributed by atoms with Crippen LogP contribution in [0.2, 0.25) is 0 Å². The monoisotopic (exact) mass is 426 g/mol. The van der Waals surface area contributed by atoms with E-state index in [-0.39, 0.29) is 16.3 Å². The predicted molar refractivity (Wildman–Crippen MR) is 115 cm³/mol. The fourth-order valence-electron chi connectivity index (χ4n) is 3.91. The third-order valence-electron chi connectivity index (χ3n) is 5.81. The first-order valence-corrected chi connectivity index (χ1v) is 11.7. The zero-order chi connectivity index (χ0) is 21.0. The molecule has 6 nitrogen and oxygen atoms in total. The number of benzene rings is 2. The van der Waals surface area contributed by atoms with Gasteiger partial charge >= 0.3 is 0 Å². The summed E-state index contributed by atoms with van der Waals surface area (Å²) in [5.41, 5.74) is 1.63. The lowest BCUT2D eigenvalue weighted by atomic mass is 9.72. The molecule has 1 saturated carbocycles. The van der Waals surface area contributed by atoms with Gasteiger partial charge in [0.05, 0.1) is 23.6 Å². The SMILES string of the molecule is O=C(/C=C/c1ccc(S(=O)(=O)N2CCOCC2)cc1)NC1(c2ccccc2)CCC1. The van der Waals surface area contributed by atoms with Gasteiger partial charge in [-0.15, -0.1) is 0 Å². The van der Waals surface area contributed by atoms with Crippen LogP contribution < -0.4 is 5.32 Å². The van der Waals surface area contributed by atoms with Crippen molar-refractivity contribution < 1.29 is 17.9 Å². The molecule has 1 aliphatic heterocycles. The number of rotatable bonds is 6. The molecule has 0 unspecified atom stereocenters. The van der Waals surface area contributed by atoms with E-state index in [1.165, 1.54) is 10.4 Å². The first kappa shape index (κ1) is 20.8. The number of sulfonamides is 1. The minimum absolute atomic E-state index is 0.149. The molecule has 2 aromatic carbocycles. The lowest BCUT2D eigenvalue weighted by Gasteiger charge is -2.42. The predicted octanol–water partition coefficient (Wildman–Crippen LogP) is 2.92. The maximum atomic E-state index is 12.7. The van der Waals surface area contributed by atoms with Gasteiger partial charge in [-0.1, -0.05) is 42.5 Å². The topological polar surface area (TPSA) is 75.7 Å². The Bertz CT molecular complexity index is 1010. The van der Waals surface area contributed by atoms with E-state index in [1.807, 2.05) is 18.2 Å². The largest absolute Gasteiger partial charge is 0.379 e. The molecule has 7 heteroatoms. The number of carbonyl (C=O) groups excluding carboxylic acids is 1. The molecule has 1 saturated heterocycles. The van der Waals surface area contributed by atoms with Gasteiger partial charge in [0.15, 0.2) is 0 Å². The normalized spacial score (nSPS) is 19.3. The molecule has 30 heavy (non-hydrogen) atoms. The minimum Gasteiger partial charge on any atom is -0.379 e. The number of hydrogen-bond donors (Lipinski definition) is 1. The average molecular weight is 427 g/mol. The Morgan fingerprint density at radius 3 is 2.27 bits per heavy atom.